The zero-order valence-corrected chi connectivity index (χ0v) is 16.4. The molecular weight excluding hydrogens is 430 g/mol. The first kappa shape index (κ1) is 19.3. The summed E-state index contributed by atoms with van der Waals surface area (Å²) in [6, 6.07) is 15.4. The molecule has 0 heterocycles. The maximum atomic E-state index is 12.9. The Morgan fingerprint density at radius 2 is 2.04 bits per heavy atom. The van der Waals surface area contributed by atoms with E-state index in [-0.39, 0.29) is 19.2 Å². The molecule has 0 aromatic heterocycles. The molecule has 0 saturated carbocycles. The van der Waals surface area contributed by atoms with Crippen LogP contribution in [0.5, 0.6) is 5.75 Å². The SMILES string of the molecule is COc1ccc(N(C)C(=O)[C@@H](BOC=N)Cc2cccc(I)c2)cc1. The summed E-state index contributed by atoms with van der Waals surface area (Å²) in [5, 5.41) is 7.08. The van der Waals surface area contributed by atoms with Crippen molar-refractivity contribution in [3.8, 4) is 5.75 Å². The van der Waals surface area contributed by atoms with Crippen LogP contribution in [0.1, 0.15) is 5.56 Å². The van der Waals surface area contributed by atoms with Gasteiger partial charge in [0.15, 0.2) is 0 Å². The summed E-state index contributed by atoms with van der Waals surface area (Å²) >= 11 is 2.25. The van der Waals surface area contributed by atoms with Gasteiger partial charge in [-0.2, -0.15) is 0 Å². The molecule has 0 saturated heterocycles. The van der Waals surface area contributed by atoms with E-state index in [0.717, 1.165) is 27.0 Å². The smallest absolute Gasteiger partial charge is 0.354 e. The van der Waals surface area contributed by atoms with Gasteiger partial charge in [0.25, 0.3) is 0 Å². The Kier molecular flexibility index (Phi) is 7.30. The van der Waals surface area contributed by atoms with Crippen LogP contribution in [0.15, 0.2) is 48.5 Å². The van der Waals surface area contributed by atoms with Gasteiger partial charge in [-0.3, -0.25) is 10.2 Å². The number of carbonyl (C=O) groups excluding carboxylic acids is 1. The molecule has 0 radical (unpaired) electrons. The second-order valence-corrected chi connectivity index (χ2v) is 6.82. The molecule has 7 heteroatoms. The minimum atomic E-state index is -0.369. The van der Waals surface area contributed by atoms with Crippen molar-refractivity contribution in [2.24, 2.45) is 0 Å². The highest BCUT2D eigenvalue weighted by Gasteiger charge is 2.26. The van der Waals surface area contributed by atoms with Crippen molar-refractivity contribution < 1.29 is 14.2 Å². The van der Waals surface area contributed by atoms with Crippen LogP contribution >= 0.6 is 22.6 Å². The first-order valence-corrected chi connectivity index (χ1v) is 8.89. The molecule has 1 amide bonds. The van der Waals surface area contributed by atoms with Crippen LogP contribution in [0.3, 0.4) is 0 Å². The number of carbonyl (C=O) groups is 1. The van der Waals surface area contributed by atoms with Crippen LogP contribution in [0.25, 0.3) is 0 Å². The molecule has 0 aliphatic heterocycles. The third-order valence-corrected chi connectivity index (χ3v) is 4.56. The summed E-state index contributed by atoms with van der Waals surface area (Å²) < 4.78 is 11.4. The molecule has 25 heavy (non-hydrogen) atoms. The van der Waals surface area contributed by atoms with Crippen molar-refractivity contribution in [3.05, 3.63) is 57.7 Å². The molecule has 0 aliphatic rings. The highest BCUT2D eigenvalue weighted by molar-refractivity contribution is 14.1. The van der Waals surface area contributed by atoms with Crippen molar-refractivity contribution >= 4 is 48.1 Å². The van der Waals surface area contributed by atoms with E-state index in [1.165, 1.54) is 0 Å². The van der Waals surface area contributed by atoms with Gasteiger partial charge in [0.1, 0.15) is 12.2 Å². The number of amides is 1. The first-order chi connectivity index (χ1) is 12.0. The molecule has 0 unspecified atom stereocenters. The maximum Gasteiger partial charge on any atom is 0.354 e. The Balaban J connectivity index is 2.16. The van der Waals surface area contributed by atoms with E-state index in [1.807, 2.05) is 42.5 Å². The van der Waals surface area contributed by atoms with Crippen molar-refractivity contribution in [2.45, 2.75) is 12.2 Å². The van der Waals surface area contributed by atoms with Crippen LogP contribution in [0.4, 0.5) is 5.69 Å². The summed E-state index contributed by atoms with van der Waals surface area (Å²) in [6.45, 7) is 0. The molecule has 0 fully saturated rings. The topological polar surface area (TPSA) is 62.6 Å². The third-order valence-electron chi connectivity index (χ3n) is 3.89. The van der Waals surface area contributed by atoms with Gasteiger partial charge in [-0.05, 0) is 71.0 Å². The van der Waals surface area contributed by atoms with E-state index >= 15 is 0 Å². The summed E-state index contributed by atoms with van der Waals surface area (Å²) in [7, 11) is 3.53. The predicted octanol–water partition coefficient (Wildman–Crippen LogP) is 3.27. The van der Waals surface area contributed by atoms with Crippen molar-refractivity contribution in [1.82, 2.24) is 0 Å². The van der Waals surface area contributed by atoms with Gasteiger partial charge < -0.3 is 14.3 Å². The van der Waals surface area contributed by atoms with Crippen LogP contribution in [-0.4, -0.2) is 33.9 Å². The molecule has 1 N–H and O–H groups in total. The standard InChI is InChI=1S/C18H20BIN2O3/c1-22(15-6-8-16(24-2)9-7-15)18(23)17(19-25-12-21)11-13-4-3-5-14(20)10-13/h3-10,12,17,19,21H,11H2,1-2H3/t17-/m0/s1. The summed E-state index contributed by atoms with van der Waals surface area (Å²) in [6.07, 6.45) is 1.44. The van der Waals surface area contributed by atoms with Crippen LogP contribution < -0.4 is 9.64 Å². The van der Waals surface area contributed by atoms with Crippen LogP contribution in [0, 0.1) is 8.98 Å². The van der Waals surface area contributed by atoms with E-state index in [1.54, 1.807) is 19.1 Å². The number of hydrogen-bond donors (Lipinski definition) is 1. The highest BCUT2D eigenvalue weighted by Crippen LogP contribution is 2.23. The number of benzene rings is 2. The predicted molar refractivity (Wildman–Crippen MR) is 110 cm³/mol. The Hall–Kier alpha value is -2.03. The number of anilines is 1. The van der Waals surface area contributed by atoms with Crippen molar-refractivity contribution in [2.75, 3.05) is 19.1 Å². The molecule has 130 valence electrons. The highest BCUT2D eigenvalue weighted by atomic mass is 127. The van der Waals surface area contributed by atoms with E-state index < -0.39 is 0 Å². The third kappa shape index (κ3) is 5.49. The fourth-order valence-corrected chi connectivity index (χ4v) is 3.14. The van der Waals surface area contributed by atoms with Crippen LogP contribution in [-0.2, 0) is 15.9 Å². The molecule has 5 nitrogen and oxygen atoms in total. The number of hydrogen-bond acceptors (Lipinski definition) is 4. The van der Waals surface area contributed by atoms with E-state index in [4.69, 9.17) is 14.8 Å². The second kappa shape index (κ2) is 9.46. The normalized spacial score (nSPS) is 11.3. The molecule has 2 aromatic rings. The van der Waals surface area contributed by atoms with Crippen LogP contribution in [0.2, 0.25) is 5.82 Å². The zero-order chi connectivity index (χ0) is 18.2. The zero-order valence-electron chi connectivity index (χ0n) is 14.2. The van der Waals surface area contributed by atoms with Gasteiger partial charge in [0.2, 0.25) is 5.91 Å². The quantitative estimate of drug-likeness (QED) is 0.291. The second-order valence-electron chi connectivity index (χ2n) is 5.58. The maximum absolute atomic E-state index is 12.9. The Labute approximate surface area is 162 Å². The minimum Gasteiger partial charge on any atom is -0.556 e. The van der Waals surface area contributed by atoms with Crippen molar-refractivity contribution in [1.29, 1.82) is 5.41 Å². The molecule has 0 aliphatic carbocycles. The number of halogens is 1. The summed E-state index contributed by atoms with van der Waals surface area (Å²) in [5.74, 6) is 0.324. The summed E-state index contributed by atoms with van der Waals surface area (Å²) in [4.78, 5) is 14.5. The Morgan fingerprint density at radius 3 is 2.64 bits per heavy atom. The number of methoxy groups -OCH3 is 1. The molecule has 2 rings (SSSR count). The molecule has 0 bridgehead atoms. The average molecular weight is 450 g/mol. The van der Waals surface area contributed by atoms with E-state index in [0.29, 0.717) is 6.42 Å². The number of ether oxygens (including phenoxy) is 1. The van der Waals surface area contributed by atoms with Gasteiger partial charge in [-0.1, -0.05) is 12.1 Å². The van der Waals surface area contributed by atoms with Crippen molar-refractivity contribution in [3.63, 3.8) is 0 Å². The fourth-order valence-electron chi connectivity index (χ4n) is 2.54. The molecule has 1 atom stereocenters. The molecule has 0 spiro atoms. The molecular formula is C18H20BIN2O3. The number of nitrogens with zero attached hydrogens (tertiary/aromatic N) is 1. The fraction of sp³-hybridized carbons (Fsp3) is 0.222. The lowest BCUT2D eigenvalue weighted by atomic mass is 9.75. The van der Waals surface area contributed by atoms with E-state index in [9.17, 15) is 4.79 Å². The monoisotopic (exact) mass is 450 g/mol. The van der Waals surface area contributed by atoms with E-state index in [2.05, 4.69) is 28.7 Å². The number of rotatable bonds is 8. The average Bonchev–Trinajstić information content (AvgIpc) is 2.64. The lowest BCUT2D eigenvalue weighted by Crippen LogP contribution is -2.34. The van der Waals surface area contributed by atoms with Gasteiger partial charge in [-0.15, -0.1) is 0 Å². The molecule has 2 aromatic carbocycles. The largest absolute Gasteiger partial charge is 0.556 e. The lowest BCUT2D eigenvalue weighted by Gasteiger charge is -2.23. The lowest BCUT2D eigenvalue weighted by molar-refractivity contribution is -0.118. The van der Waals surface area contributed by atoms with Gasteiger partial charge in [-0.25, -0.2) is 0 Å². The first-order valence-electron chi connectivity index (χ1n) is 7.81. The van der Waals surface area contributed by atoms with Gasteiger partial charge >= 0.3 is 7.48 Å². The Morgan fingerprint density at radius 1 is 1.32 bits per heavy atom. The Bertz CT molecular complexity index is 725. The number of nitrogens with one attached hydrogen (secondary N) is 1. The summed E-state index contributed by atoms with van der Waals surface area (Å²) in [5.41, 5.74) is 1.86. The minimum absolute atomic E-state index is 0.0501. The van der Waals surface area contributed by atoms with Gasteiger partial charge in [0.05, 0.1) is 12.9 Å². The van der Waals surface area contributed by atoms with Gasteiger partial charge in [0, 0.05) is 16.3 Å².